The number of anilines is 2. The Morgan fingerprint density at radius 3 is 2.50 bits per heavy atom. The maximum absolute atomic E-state index is 12.6. The van der Waals surface area contributed by atoms with Crippen molar-refractivity contribution in [2.75, 3.05) is 49.9 Å². The minimum Gasteiger partial charge on any atom is -0.494 e. The van der Waals surface area contributed by atoms with Crippen molar-refractivity contribution in [1.29, 1.82) is 0 Å². The molecule has 2 aliphatic rings. The molecule has 0 radical (unpaired) electrons. The molecule has 1 aromatic carbocycles. The third-order valence-corrected chi connectivity index (χ3v) is 7.09. The number of carbonyl (C=O) groups is 2. The van der Waals surface area contributed by atoms with Gasteiger partial charge in [0.25, 0.3) is 0 Å². The topological polar surface area (TPSA) is 118 Å². The van der Waals surface area contributed by atoms with Gasteiger partial charge in [0.05, 0.1) is 29.7 Å². The van der Waals surface area contributed by atoms with Crippen LogP contribution in [0, 0.1) is 0 Å². The number of fused-ring (bicyclic) bond motifs is 1. The zero-order valence-corrected chi connectivity index (χ0v) is 23.7. The third-order valence-electron chi connectivity index (χ3n) is 6.36. The lowest BCUT2D eigenvalue weighted by Crippen LogP contribution is -2.50. The van der Waals surface area contributed by atoms with Gasteiger partial charge in [-0.05, 0) is 45.6 Å². The van der Waals surface area contributed by atoms with Crippen molar-refractivity contribution < 1.29 is 19.1 Å². The third kappa shape index (κ3) is 5.79. The molecule has 1 fully saturated rings. The molecule has 2 aliphatic heterocycles. The Kier molecular flexibility index (Phi) is 8.00. The number of imidazole rings is 1. The number of aromatic nitrogens is 2. The number of hydrogen-bond acceptors (Lipinski definition) is 9. The van der Waals surface area contributed by atoms with Gasteiger partial charge in [0.2, 0.25) is 5.91 Å². The van der Waals surface area contributed by atoms with Crippen LogP contribution in [-0.2, 0) is 16.0 Å². The molecule has 1 saturated heterocycles. The molecule has 4 rings (SSSR count). The van der Waals surface area contributed by atoms with E-state index in [1.165, 1.54) is 0 Å². The Balaban J connectivity index is 1.51. The normalized spacial score (nSPS) is 17.6. The number of hydrogen-bond donors (Lipinski definition) is 2. The highest BCUT2D eigenvalue weighted by atomic mass is 32.2. The molecule has 2 aromatic rings. The Bertz CT molecular complexity index is 1210. The van der Waals surface area contributed by atoms with Gasteiger partial charge in [0, 0.05) is 44.1 Å². The second kappa shape index (κ2) is 11.1. The average Bonchev–Trinajstić information content (AvgIpc) is 3.31. The molecule has 12 heteroatoms. The number of rotatable bonds is 7. The first kappa shape index (κ1) is 27.5. The lowest BCUT2D eigenvalue weighted by molar-refractivity contribution is -0.122. The van der Waals surface area contributed by atoms with Crippen molar-refractivity contribution >= 4 is 40.2 Å². The summed E-state index contributed by atoms with van der Waals surface area (Å²) in [6.07, 6.45) is 6.24. The molecule has 38 heavy (non-hydrogen) atoms. The van der Waals surface area contributed by atoms with Gasteiger partial charge < -0.3 is 25.0 Å². The molecular formula is C26H37N7O4S. The summed E-state index contributed by atoms with van der Waals surface area (Å²) in [5.74, 6) is 0.677. The van der Waals surface area contributed by atoms with Crippen molar-refractivity contribution in [3.05, 3.63) is 42.1 Å². The molecule has 1 atom stereocenters. The molecule has 3 N–H and O–H groups in total. The lowest BCUT2D eigenvalue weighted by atomic mass is 10.2. The molecule has 1 aromatic heterocycles. The van der Waals surface area contributed by atoms with Crippen LogP contribution in [-0.4, -0.2) is 76.6 Å². The minimum atomic E-state index is -0.795. The summed E-state index contributed by atoms with van der Waals surface area (Å²) in [5.41, 5.74) is 11.2. The van der Waals surface area contributed by atoms with Crippen LogP contribution in [0.1, 0.15) is 45.3 Å². The van der Waals surface area contributed by atoms with Gasteiger partial charge in [-0.25, -0.2) is 9.78 Å². The summed E-state index contributed by atoms with van der Waals surface area (Å²) in [6, 6.07) is 5.06. The number of methoxy groups -OCH3 is 1. The van der Waals surface area contributed by atoms with Gasteiger partial charge in [-0.3, -0.25) is 19.8 Å². The van der Waals surface area contributed by atoms with Crippen LogP contribution in [0.4, 0.5) is 16.2 Å². The number of amides is 2. The summed E-state index contributed by atoms with van der Waals surface area (Å²) in [4.78, 5) is 33.6. The average molecular weight is 544 g/mol. The van der Waals surface area contributed by atoms with Gasteiger partial charge in [0.1, 0.15) is 17.2 Å². The van der Waals surface area contributed by atoms with E-state index in [0.29, 0.717) is 43.4 Å². The van der Waals surface area contributed by atoms with Crippen molar-refractivity contribution in [3.63, 3.8) is 0 Å². The number of nitrogens with two attached hydrogens (primary N) is 1. The maximum Gasteiger partial charge on any atom is 0.410 e. The number of benzene rings is 1. The Morgan fingerprint density at radius 1 is 1.21 bits per heavy atom. The van der Waals surface area contributed by atoms with Gasteiger partial charge in [0.15, 0.2) is 6.04 Å². The van der Waals surface area contributed by atoms with E-state index in [0.717, 1.165) is 22.8 Å². The number of aryl methyl sites for hydroxylation is 1. The number of thioether (sulfide) groups is 1. The first-order valence-electron chi connectivity index (χ1n) is 12.6. The fourth-order valence-electron chi connectivity index (χ4n) is 4.46. The van der Waals surface area contributed by atoms with E-state index >= 15 is 0 Å². The van der Waals surface area contributed by atoms with E-state index in [9.17, 15) is 9.59 Å². The first-order valence-corrected chi connectivity index (χ1v) is 13.9. The maximum atomic E-state index is 12.6. The van der Waals surface area contributed by atoms with Crippen LogP contribution in [0.15, 0.2) is 30.6 Å². The summed E-state index contributed by atoms with van der Waals surface area (Å²) in [5, 5.41) is 2.60. The number of nitrogens with zero attached hydrogens (tertiary/aromatic N) is 5. The van der Waals surface area contributed by atoms with Crippen LogP contribution >= 0.6 is 11.8 Å². The molecule has 0 bridgehead atoms. The highest BCUT2D eigenvalue weighted by Gasteiger charge is 2.35. The molecule has 3 heterocycles. The standard InChI is InChI=1S/C26H37N7O4S/c1-7-17-15-32-21(38-6)16-33(22(23(27)34)24(32)28-17)29-19-9-8-18(14-20(19)36-5)30-10-12-31(13-11-30)25(35)37-26(2,3)4/h8-9,14-16,22,29H,7,10-13H2,1-6H3,(H2,27,34). The van der Waals surface area contributed by atoms with Gasteiger partial charge in [-0.1, -0.05) is 6.92 Å². The predicted octanol–water partition coefficient (Wildman–Crippen LogP) is 3.50. The fraction of sp³-hybridized carbons (Fsp3) is 0.500. The highest BCUT2D eigenvalue weighted by Crippen LogP contribution is 2.37. The molecule has 2 amide bonds. The van der Waals surface area contributed by atoms with Crippen LogP contribution in [0.3, 0.4) is 0 Å². The Labute approximate surface area is 227 Å². The molecule has 0 spiro atoms. The van der Waals surface area contributed by atoms with Crippen LogP contribution < -0.4 is 20.8 Å². The quantitative estimate of drug-likeness (QED) is 0.541. The summed E-state index contributed by atoms with van der Waals surface area (Å²) >= 11 is 1.55. The van der Waals surface area contributed by atoms with E-state index in [1.54, 1.807) is 28.8 Å². The van der Waals surface area contributed by atoms with Crippen LogP contribution in [0.5, 0.6) is 5.75 Å². The summed E-state index contributed by atoms with van der Waals surface area (Å²) in [7, 11) is 1.61. The van der Waals surface area contributed by atoms with Crippen molar-refractivity contribution in [2.45, 2.75) is 45.8 Å². The fourth-order valence-corrected chi connectivity index (χ4v) is 5.02. The number of carbonyl (C=O) groups excluding carboxylic acids is 2. The van der Waals surface area contributed by atoms with E-state index < -0.39 is 17.6 Å². The van der Waals surface area contributed by atoms with Gasteiger partial charge in [-0.2, -0.15) is 0 Å². The largest absolute Gasteiger partial charge is 0.494 e. The number of hydrazine groups is 1. The van der Waals surface area contributed by atoms with E-state index in [-0.39, 0.29) is 6.09 Å². The van der Waals surface area contributed by atoms with Gasteiger partial charge in [-0.15, -0.1) is 11.8 Å². The first-order chi connectivity index (χ1) is 18.0. The lowest BCUT2D eigenvalue weighted by Gasteiger charge is -2.37. The van der Waals surface area contributed by atoms with Crippen molar-refractivity contribution in [1.82, 2.24) is 19.5 Å². The SMILES string of the molecule is CCc1cn2c(n1)C(C(N)=O)N(Nc1ccc(N3CCN(C(=O)OC(C)(C)C)CC3)cc1OC)C=C2SC. The number of nitrogens with one attached hydrogen (secondary N) is 1. The second-order valence-electron chi connectivity index (χ2n) is 10.1. The molecule has 1 unspecified atom stereocenters. The molecule has 206 valence electrons. The zero-order chi connectivity index (χ0) is 27.6. The molecule has 0 aliphatic carbocycles. The predicted molar refractivity (Wildman–Crippen MR) is 150 cm³/mol. The highest BCUT2D eigenvalue weighted by molar-refractivity contribution is 8.07. The van der Waals surface area contributed by atoms with E-state index in [1.807, 2.05) is 69.1 Å². The second-order valence-corrected chi connectivity index (χ2v) is 11.0. The minimum absolute atomic E-state index is 0.288. The molecule has 11 nitrogen and oxygen atoms in total. The van der Waals surface area contributed by atoms with Crippen molar-refractivity contribution in [3.8, 4) is 5.75 Å². The molecular weight excluding hydrogens is 506 g/mol. The molecule has 0 saturated carbocycles. The summed E-state index contributed by atoms with van der Waals surface area (Å²) in [6.45, 7) is 10.1. The zero-order valence-electron chi connectivity index (χ0n) is 22.9. The Hall–Kier alpha value is -3.54. The number of primary amides is 1. The Morgan fingerprint density at radius 2 is 1.92 bits per heavy atom. The van der Waals surface area contributed by atoms with Crippen LogP contribution in [0.25, 0.3) is 5.03 Å². The monoisotopic (exact) mass is 543 g/mol. The summed E-state index contributed by atoms with van der Waals surface area (Å²) < 4.78 is 13.1. The van der Waals surface area contributed by atoms with Crippen LogP contribution in [0.2, 0.25) is 0 Å². The smallest absolute Gasteiger partial charge is 0.410 e. The van der Waals surface area contributed by atoms with E-state index in [2.05, 4.69) is 15.3 Å². The van der Waals surface area contributed by atoms with Crippen molar-refractivity contribution in [2.24, 2.45) is 5.73 Å². The van der Waals surface area contributed by atoms with E-state index in [4.69, 9.17) is 15.2 Å². The van der Waals surface area contributed by atoms with Gasteiger partial charge >= 0.3 is 6.09 Å². The number of ether oxygens (including phenoxy) is 2. The number of piperazine rings is 1.